The van der Waals surface area contributed by atoms with E-state index in [0.29, 0.717) is 0 Å². The van der Waals surface area contributed by atoms with Crippen molar-refractivity contribution in [3.05, 3.63) is 11.0 Å². The number of nitrogens with zero attached hydrogens (tertiary/aromatic N) is 1. The van der Waals surface area contributed by atoms with E-state index in [1.807, 2.05) is 0 Å². The van der Waals surface area contributed by atoms with E-state index in [-0.39, 0.29) is 12.3 Å². The average Bonchev–Trinajstić information content (AvgIpc) is 1.31. The number of hydrogen-bond acceptors (Lipinski definition) is 1. The van der Waals surface area contributed by atoms with Crippen LogP contribution in [0.15, 0.2) is 0 Å². The Kier molecular flexibility index (Phi) is 8.66. The summed E-state index contributed by atoms with van der Waals surface area (Å²) < 4.78 is 11.2. The molecule has 60 valence electrons. The second-order valence-electron chi connectivity index (χ2n) is 1.42. The Bertz CT molecular complexity index is 97.1. The minimum Gasteiger partial charge on any atom is -0.623 e. The molecule has 0 aliphatic heterocycles. The van der Waals surface area contributed by atoms with Crippen LogP contribution in [0.1, 0.15) is 0 Å². The zero-order valence-corrected chi connectivity index (χ0v) is 7.20. The summed E-state index contributed by atoms with van der Waals surface area (Å²) in [7, 11) is -0.514. The van der Waals surface area contributed by atoms with E-state index in [9.17, 15) is 4.57 Å². The van der Waals surface area contributed by atoms with Gasteiger partial charge in [0.1, 0.15) is 0 Å². The molecular weight excluding hydrogens is 141 g/mol. The molecule has 0 heterocycles. The van der Waals surface area contributed by atoms with Crippen molar-refractivity contribution >= 4 is 7.59 Å². The largest absolute Gasteiger partial charge is 0.623 e. The molecule has 6 nitrogen and oxygen atoms in total. The topological polar surface area (TPSA) is 141 Å². The van der Waals surface area contributed by atoms with E-state index in [2.05, 4.69) is 0 Å². The first kappa shape index (κ1) is 16.0. The van der Waals surface area contributed by atoms with Gasteiger partial charge in [-0.3, -0.25) is 4.67 Å². The van der Waals surface area contributed by atoms with E-state index in [0.717, 1.165) is 4.67 Å². The molecule has 0 saturated carbocycles. The molecule has 10 N–H and O–H groups in total. The summed E-state index contributed by atoms with van der Waals surface area (Å²) in [5.74, 6) is 0. The third-order valence-corrected chi connectivity index (χ3v) is 1.69. The molecular formula is C2H16N5OP. The third kappa shape index (κ3) is 8.03. The maximum atomic E-state index is 10.2. The summed E-state index contributed by atoms with van der Waals surface area (Å²) in [6, 6.07) is 0. The van der Waals surface area contributed by atoms with E-state index in [4.69, 9.17) is 11.0 Å². The van der Waals surface area contributed by atoms with Crippen LogP contribution in [-0.4, -0.2) is 18.8 Å². The van der Waals surface area contributed by atoms with Gasteiger partial charge in [-0.05, 0) is 21.7 Å². The molecule has 0 unspecified atom stereocenters. The van der Waals surface area contributed by atoms with Crippen molar-refractivity contribution in [1.29, 1.82) is 0 Å². The lowest BCUT2D eigenvalue weighted by atomic mass is 11.3. The smallest absolute Gasteiger partial charge is 0.00987 e. The summed E-state index contributed by atoms with van der Waals surface area (Å²) in [5.41, 5.74) is 13.1. The molecule has 0 amide bonds. The normalized spacial score (nSPS) is 9.89. The van der Waals surface area contributed by atoms with Crippen LogP contribution < -0.4 is 12.3 Å². The highest BCUT2D eigenvalue weighted by Gasteiger charge is 1.88. The zero-order chi connectivity index (χ0) is 6.08. The van der Waals surface area contributed by atoms with Crippen LogP contribution in [-0.2, 0) is 4.57 Å². The molecule has 0 spiro atoms. The highest BCUT2D eigenvalue weighted by atomic mass is 31.2. The Morgan fingerprint density at radius 2 is 1.33 bits per heavy atom. The number of hydrogen-bond donors (Lipinski definition) is 2. The third-order valence-electron chi connectivity index (χ3n) is 0.563. The Balaban J connectivity index is -0.000000180. The van der Waals surface area contributed by atoms with Crippen molar-refractivity contribution in [2.24, 2.45) is 0 Å². The van der Waals surface area contributed by atoms with Crippen LogP contribution in [0.4, 0.5) is 0 Å². The van der Waals surface area contributed by atoms with Crippen molar-refractivity contribution < 1.29 is 4.57 Å². The van der Waals surface area contributed by atoms with Crippen molar-refractivity contribution in [1.82, 2.24) is 17.0 Å². The molecule has 7 heteroatoms. The van der Waals surface area contributed by atoms with E-state index in [1.54, 1.807) is 0 Å². The van der Waals surface area contributed by atoms with Crippen LogP contribution in [0.3, 0.4) is 0 Å². The van der Waals surface area contributed by atoms with Crippen molar-refractivity contribution in [3.63, 3.8) is 0 Å². The predicted octanol–water partition coefficient (Wildman–Crippen LogP) is 2.51. The van der Waals surface area contributed by atoms with Crippen LogP contribution in [0.2, 0.25) is 0 Å². The fourth-order valence-corrected chi connectivity index (χ4v) is 0. The highest BCUT2D eigenvalue weighted by Crippen LogP contribution is 2.47. The molecule has 9 heavy (non-hydrogen) atoms. The number of rotatable bonds is 1. The first-order valence-corrected chi connectivity index (χ1v) is 3.38. The number of quaternary nitrogens is 2. The lowest BCUT2D eigenvalue weighted by Gasteiger charge is -2.32. The van der Waals surface area contributed by atoms with Gasteiger partial charge in [0.25, 0.3) is 0 Å². The Hall–Kier alpha value is 0.0300. The van der Waals surface area contributed by atoms with E-state index >= 15 is 0 Å². The first-order valence-electron chi connectivity index (χ1n) is 1.72. The van der Waals surface area contributed by atoms with Gasteiger partial charge in [0, 0.05) is 0 Å². The summed E-state index contributed by atoms with van der Waals surface area (Å²) in [6.45, 7) is 0. The molecule has 0 saturated heterocycles. The van der Waals surface area contributed by atoms with Gasteiger partial charge in [-0.1, -0.05) is 0 Å². The molecule has 0 aromatic heterocycles. The quantitative estimate of drug-likeness (QED) is 0.564. The van der Waals surface area contributed by atoms with Crippen LogP contribution in [0.5, 0.6) is 0 Å². The zero-order valence-electron chi connectivity index (χ0n) is 6.30. The van der Waals surface area contributed by atoms with Gasteiger partial charge in [-0.2, -0.15) is 0 Å². The molecule has 0 aliphatic carbocycles. The van der Waals surface area contributed by atoms with Crippen molar-refractivity contribution in [3.8, 4) is 0 Å². The molecule has 0 atom stereocenters. The van der Waals surface area contributed by atoms with E-state index < -0.39 is 7.59 Å². The Morgan fingerprint density at radius 1 is 1.22 bits per heavy atom. The highest BCUT2D eigenvalue weighted by molar-refractivity contribution is 7.64. The lowest BCUT2D eigenvalue weighted by molar-refractivity contribution is 0.532. The van der Waals surface area contributed by atoms with Crippen LogP contribution >= 0.6 is 7.59 Å². The molecule has 0 aromatic rings. The fourth-order valence-electron chi connectivity index (χ4n) is 0. The molecule has 0 aliphatic rings. The predicted molar refractivity (Wildman–Crippen MR) is 41.9 cm³/mol. The Labute approximate surface area is 55.3 Å². The van der Waals surface area contributed by atoms with E-state index in [1.165, 1.54) is 14.1 Å². The summed E-state index contributed by atoms with van der Waals surface area (Å²) in [4.78, 5) is 0. The maximum absolute atomic E-state index is 10.2. The lowest BCUT2D eigenvalue weighted by Crippen LogP contribution is -2.01. The van der Waals surface area contributed by atoms with Crippen LogP contribution in [0, 0.1) is 0 Å². The maximum Gasteiger partial charge on any atom is -0.00987 e. The Morgan fingerprint density at radius 3 is 1.33 bits per heavy atom. The number of nitrogens with one attached hydrogen (secondary N) is 2. The van der Waals surface area contributed by atoms with Crippen molar-refractivity contribution in [2.75, 3.05) is 14.1 Å². The van der Waals surface area contributed by atoms with Gasteiger partial charge in [0.2, 0.25) is 0 Å². The summed E-state index contributed by atoms with van der Waals surface area (Å²) >= 11 is 0. The van der Waals surface area contributed by atoms with Crippen molar-refractivity contribution in [2.45, 2.75) is 0 Å². The molecule has 0 radical (unpaired) electrons. The van der Waals surface area contributed by atoms with Gasteiger partial charge < -0.3 is 27.9 Å². The monoisotopic (exact) mass is 157 g/mol. The minimum absolute atomic E-state index is 0. The standard InChI is InChI=1S/C2H8N3OP.2H3N/c1-5(2)7(3,4)6;;/h1-2H3,(H2-2,3,4,6);2*1H3/q-2;;/p+2. The summed E-state index contributed by atoms with van der Waals surface area (Å²) in [6.07, 6.45) is 0. The molecule has 0 bridgehead atoms. The van der Waals surface area contributed by atoms with Gasteiger partial charge in [-0.15, -0.1) is 0 Å². The minimum atomic E-state index is -3.40. The first-order chi connectivity index (χ1) is 2.94. The molecule has 0 aromatic carbocycles. The van der Waals surface area contributed by atoms with Crippen LogP contribution in [0.25, 0.3) is 11.0 Å². The van der Waals surface area contributed by atoms with Gasteiger partial charge >= 0.3 is 0 Å². The second-order valence-corrected chi connectivity index (χ2v) is 3.38. The van der Waals surface area contributed by atoms with Gasteiger partial charge in [0.15, 0.2) is 0 Å². The summed E-state index contributed by atoms with van der Waals surface area (Å²) in [5, 5.41) is 0. The van der Waals surface area contributed by atoms with Gasteiger partial charge in [-0.25, -0.2) is 0 Å². The SMILES string of the molecule is CN(C)P([NH-])([NH-])=O.[NH4+].[NH4+]. The average molecular weight is 157 g/mol. The molecule has 0 rings (SSSR count). The van der Waals surface area contributed by atoms with Gasteiger partial charge in [0.05, 0.1) is 0 Å². The fraction of sp³-hybridized carbons (Fsp3) is 1.00. The second kappa shape index (κ2) is 4.87. The molecule has 0 fully saturated rings.